The maximum absolute atomic E-state index is 10.6. The van der Waals surface area contributed by atoms with E-state index in [0.717, 1.165) is 11.3 Å². The molecule has 0 heterocycles. The Morgan fingerprint density at radius 1 is 1.11 bits per heavy atom. The monoisotopic (exact) mass is 266 g/mol. The van der Waals surface area contributed by atoms with E-state index in [9.17, 15) is 5.11 Å². The molecule has 0 saturated carbocycles. The summed E-state index contributed by atoms with van der Waals surface area (Å²) in [7, 11) is 0. The van der Waals surface area contributed by atoms with Crippen molar-refractivity contribution in [2.75, 3.05) is 13.2 Å². The van der Waals surface area contributed by atoms with Crippen LogP contribution in [0.15, 0.2) is 18.2 Å². The van der Waals surface area contributed by atoms with E-state index < -0.39 is 5.60 Å². The van der Waals surface area contributed by atoms with Gasteiger partial charge < -0.3 is 14.6 Å². The lowest BCUT2D eigenvalue weighted by Gasteiger charge is -2.26. The zero-order valence-corrected chi connectivity index (χ0v) is 12.7. The van der Waals surface area contributed by atoms with Crippen molar-refractivity contribution in [2.45, 2.75) is 46.6 Å². The van der Waals surface area contributed by atoms with Crippen LogP contribution in [0.3, 0.4) is 0 Å². The molecule has 19 heavy (non-hydrogen) atoms. The Labute approximate surface area is 116 Å². The van der Waals surface area contributed by atoms with Crippen LogP contribution in [0.25, 0.3) is 0 Å². The van der Waals surface area contributed by atoms with Gasteiger partial charge in [-0.05, 0) is 50.8 Å². The van der Waals surface area contributed by atoms with Gasteiger partial charge in [-0.15, -0.1) is 0 Å². The smallest absolute Gasteiger partial charge is 0.161 e. The second-order valence-corrected chi connectivity index (χ2v) is 5.40. The minimum Gasteiger partial charge on any atom is -0.490 e. The van der Waals surface area contributed by atoms with Crippen LogP contribution < -0.4 is 9.47 Å². The molecule has 0 saturated heterocycles. The number of ether oxygens (including phenoxy) is 2. The molecule has 0 aliphatic heterocycles. The first-order chi connectivity index (χ1) is 8.90. The highest BCUT2D eigenvalue weighted by molar-refractivity contribution is 5.44. The van der Waals surface area contributed by atoms with Crippen molar-refractivity contribution in [2.24, 2.45) is 5.92 Å². The van der Waals surface area contributed by atoms with E-state index in [1.807, 2.05) is 39.0 Å². The van der Waals surface area contributed by atoms with Gasteiger partial charge in [0.1, 0.15) is 0 Å². The number of hydrogen-bond donors (Lipinski definition) is 1. The van der Waals surface area contributed by atoms with Gasteiger partial charge >= 0.3 is 0 Å². The molecular weight excluding hydrogens is 240 g/mol. The van der Waals surface area contributed by atoms with E-state index in [1.165, 1.54) is 0 Å². The molecule has 1 aromatic carbocycles. The Balaban J connectivity index is 3.06. The van der Waals surface area contributed by atoms with Gasteiger partial charge in [0, 0.05) is 0 Å². The van der Waals surface area contributed by atoms with E-state index in [0.29, 0.717) is 31.3 Å². The van der Waals surface area contributed by atoms with Gasteiger partial charge in [-0.3, -0.25) is 0 Å². The second kappa shape index (κ2) is 6.80. The highest BCUT2D eigenvalue weighted by Gasteiger charge is 2.25. The molecule has 0 aliphatic rings. The molecule has 1 N–H and O–H groups in total. The van der Waals surface area contributed by atoms with Gasteiger partial charge in [-0.25, -0.2) is 0 Å². The first-order valence-corrected chi connectivity index (χ1v) is 7.03. The fourth-order valence-electron chi connectivity index (χ4n) is 2.30. The van der Waals surface area contributed by atoms with Gasteiger partial charge in [0.05, 0.1) is 18.8 Å². The van der Waals surface area contributed by atoms with Crippen molar-refractivity contribution < 1.29 is 14.6 Å². The minimum absolute atomic E-state index is 0.428. The number of hydrogen-bond acceptors (Lipinski definition) is 3. The third kappa shape index (κ3) is 4.43. The van der Waals surface area contributed by atoms with Gasteiger partial charge in [0.25, 0.3) is 0 Å². The Morgan fingerprint density at radius 3 is 2.21 bits per heavy atom. The molecular formula is C16H26O3. The first-order valence-electron chi connectivity index (χ1n) is 7.03. The summed E-state index contributed by atoms with van der Waals surface area (Å²) in [5.74, 6) is 1.86. The topological polar surface area (TPSA) is 38.7 Å². The Morgan fingerprint density at radius 2 is 1.68 bits per heavy atom. The third-order valence-electron chi connectivity index (χ3n) is 2.97. The van der Waals surface area contributed by atoms with Crippen LogP contribution in [0, 0.1) is 5.92 Å². The van der Waals surface area contributed by atoms with Gasteiger partial charge in [0.2, 0.25) is 0 Å². The fraction of sp³-hybridized carbons (Fsp3) is 0.625. The summed E-state index contributed by atoms with van der Waals surface area (Å²) < 4.78 is 11.1. The summed E-state index contributed by atoms with van der Waals surface area (Å²) in [6, 6.07) is 5.67. The van der Waals surface area contributed by atoms with Crippen molar-refractivity contribution in [1.29, 1.82) is 0 Å². The first kappa shape index (κ1) is 15.8. The largest absolute Gasteiger partial charge is 0.490 e. The minimum atomic E-state index is -0.842. The molecule has 3 heteroatoms. The van der Waals surface area contributed by atoms with Gasteiger partial charge in [-0.2, -0.15) is 0 Å². The predicted molar refractivity (Wildman–Crippen MR) is 77.8 cm³/mol. The van der Waals surface area contributed by atoms with E-state index in [2.05, 4.69) is 13.8 Å². The number of rotatable bonds is 7. The zero-order chi connectivity index (χ0) is 14.5. The Bertz CT molecular complexity index is 397. The van der Waals surface area contributed by atoms with Crippen LogP contribution in [-0.2, 0) is 5.60 Å². The quantitative estimate of drug-likeness (QED) is 0.817. The van der Waals surface area contributed by atoms with E-state index in [-0.39, 0.29) is 0 Å². The highest BCUT2D eigenvalue weighted by atomic mass is 16.5. The maximum Gasteiger partial charge on any atom is 0.161 e. The van der Waals surface area contributed by atoms with Gasteiger partial charge in [-0.1, -0.05) is 19.9 Å². The van der Waals surface area contributed by atoms with E-state index in [1.54, 1.807) is 0 Å². The summed E-state index contributed by atoms with van der Waals surface area (Å²) in [4.78, 5) is 0. The fourth-order valence-corrected chi connectivity index (χ4v) is 2.30. The Hall–Kier alpha value is -1.22. The summed E-state index contributed by atoms with van der Waals surface area (Å²) >= 11 is 0. The standard InChI is InChI=1S/C16H26O3/c1-6-18-14-9-8-13(10-15(14)19-7-2)16(5,17)11-12(3)4/h8-10,12,17H,6-7,11H2,1-5H3. The Kier molecular flexibility index (Phi) is 5.67. The molecule has 0 fully saturated rings. The molecule has 0 aromatic heterocycles. The molecule has 1 atom stereocenters. The van der Waals surface area contributed by atoms with Crippen molar-refractivity contribution in [3.05, 3.63) is 23.8 Å². The number of aliphatic hydroxyl groups is 1. The van der Waals surface area contributed by atoms with Crippen LogP contribution in [-0.4, -0.2) is 18.3 Å². The molecule has 0 amide bonds. The molecule has 1 rings (SSSR count). The molecule has 3 nitrogen and oxygen atoms in total. The summed E-state index contributed by atoms with van der Waals surface area (Å²) in [6.45, 7) is 11.1. The molecule has 0 aliphatic carbocycles. The normalized spacial score (nSPS) is 14.3. The lowest BCUT2D eigenvalue weighted by atomic mass is 9.87. The SMILES string of the molecule is CCOc1ccc(C(C)(O)CC(C)C)cc1OCC. The summed E-state index contributed by atoms with van der Waals surface area (Å²) in [5, 5.41) is 10.6. The lowest BCUT2D eigenvalue weighted by molar-refractivity contribution is 0.0345. The zero-order valence-electron chi connectivity index (χ0n) is 12.7. The van der Waals surface area contributed by atoms with E-state index in [4.69, 9.17) is 9.47 Å². The van der Waals surface area contributed by atoms with Crippen molar-refractivity contribution in [3.63, 3.8) is 0 Å². The summed E-state index contributed by atoms with van der Waals surface area (Å²) in [6.07, 6.45) is 0.715. The predicted octanol–water partition coefficient (Wildman–Crippen LogP) is 3.74. The van der Waals surface area contributed by atoms with Crippen molar-refractivity contribution >= 4 is 0 Å². The van der Waals surface area contributed by atoms with Crippen LogP contribution in [0.1, 0.15) is 46.6 Å². The molecule has 1 aromatic rings. The number of benzene rings is 1. The molecule has 0 bridgehead atoms. The van der Waals surface area contributed by atoms with Crippen LogP contribution >= 0.6 is 0 Å². The third-order valence-corrected chi connectivity index (χ3v) is 2.97. The average molecular weight is 266 g/mol. The van der Waals surface area contributed by atoms with Gasteiger partial charge in [0.15, 0.2) is 11.5 Å². The van der Waals surface area contributed by atoms with Crippen LogP contribution in [0.2, 0.25) is 0 Å². The molecule has 0 radical (unpaired) electrons. The molecule has 0 spiro atoms. The maximum atomic E-state index is 10.6. The lowest BCUT2D eigenvalue weighted by Crippen LogP contribution is -2.23. The molecule has 108 valence electrons. The summed E-state index contributed by atoms with van der Waals surface area (Å²) in [5.41, 5.74) is 0.0261. The highest BCUT2D eigenvalue weighted by Crippen LogP contribution is 2.35. The van der Waals surface area contributed by atoms with Crippen LogP contribution in [0.5, 0.6) is 11.5 Å². The average Bonchev–Trinajstić information content (AvgIpc) is 2.30. The van der Waals surface area contributed by atoms with E-state index >= 15 is 0 Å². The second-order valence-electron chi connectivity index (χ2n) is 5.40. The van der Waals surface area contributed by atoms with Crippen molar-refractivity contribution in [3.8, 4) is 11.5 Å². The van der Waals surface area contributed by atoms with Crippen molar-refractivity contribution in [1.82, 2.24) is 0 Å². The van der Waals surface area contributed by atoms with Crippen LogP contribution in [0.4, 0.5) is 0 Å². The molecule has 1 unspecified atom stereocenters.